The molecule has 1 aromatic heterocycles. The standard InChI is InChI=1S/C18H20ClN3O4S2/c1-11-10-20-18(27-11)21-17(23)16(22-26-13-5-3-4-6-13)12-7-8-15(14(19)9-12)28(2,24)25/h7-10,13H,3-6H2,1-2H3,(H,20,21,23)/b22-16-. The summed E-state index contributed by atoms with van der Waals surface area (Å²) in [5.74, 6) is -0.504. The van der Waals surface area contributed by atoms with Gasteiger partial charge in [-0.2, -0.15) is 0 Å². The van der Waals surface area contributed by atoms with Gasteiger partial charge in [-0.15, -0.1) is 11.3 Å². The molecule has 1 amide bonds. The van der Waals surface area contributed by atoms with Crippen LogP contribution in [0.1, 0.15) is 36.1 Å². The monoisotopic (exact) mass is 441 g/mol. The van der Waals surface area contributed by atoms with Gasteiger partial charge in [-0.25, -0.2) is 13.4 Å². The van der Waals surface area contributed by atoms with Gasteiger partial charge in [0.25, 0.3) is 5.91 Å². The molecule has 0 atom stereocenters. The number of aromatic nitrogens is 1. The van der Waals surface area contributed by atoms with Crippen molar-refractivity contribution in [2.24, 2.45) is 5.16 Å². The second-order valence-electron chi connectivity index (χ2n) is 6.60. The van der Waals surface area contributed by atoms with Gasteiger partial charge in [0.1, 0.15) is 6.10 Å². The number of nitrogens with one attached hydrogen (secondary N) is 1. The van der Waals surface area contributed by atoms with E-state index in [1.54, 1.807) is 6.20 Å². The second-order valence-corrected chi connectivity index (χ2v) is 10.2. The van der Waals surface area contributed by atoms with E-state index < -0.39 is 15.7 Å². The molecule has 7 nitrogen and oxygen atoms in total. The predicted molar refractivity (Wildman–Crippen MR) is 110 cm³/mol. The minimum absolute atomic E-state index is 0.00932. The third-order valence-electron chi connectivity index (χ3n) is 4.26. The lowest BCUT2D eigenvalue weighted by Gasteiger charge is -2.11. The molecule has 1 aliphatic carbocycles. The van der Waals surface area contributed by atoms with Crippen LogP contribution in [-0.2, 0) is 19.5 Å². The van der Waals surface area contributed by atoms with E-state index >= 15 is 0 Å². The van der Waals surface area contributed by atoms with E-state index in [1.165, 1.54) is 29.5 Å². The molecule has 1 aliphatic rings. The number of carbonyl (C=O) groups excluding carboxylic acids is 1. The maximum atomic E-state index is 12.8. The molecular formula is C18H20ClN3O4S2. The Kier molecular flexibility index (Phi) is 6.36. The smallest absolute Gasteiger partial charge is 0.280 e. The summed E-state index contributed by atoms with van der Waals surface area (Å²) in [5.41, 5.74) is 0.378. The Labute approximate surface area is 172 Å². The van der Waals surface area contributed by atoms with Crippen molar-refractivity contribution in [3.63, 3.8) is 0 Å². The van der Waals surface area contributed by atoms with E-state index in [2.05, 4.69) is 15.5 Å². The van der Waals surface area contributed by atoms with Gasteiger partial charge in [0.15, 0.2) is 20.7 Å². The van der Waals surface area contributed by atoms with Crippen LogP contribution in [0.5, 0.6) is 0 Å². The van der Waals surface area contributed by atoms with Crippen molar-refractivity contribution in [3.8, 4) is 0 Å². The number of halogens is 1. The molecule has 1 heterocycles. The third-order valence-corrected chi connectivity index (χ3v) is 6.66. The Morgan fingerprint density at radius 2 is 2.07 bits per heavy atom. The van der Waals surface area contributed by atoms with Gasteiger partial charge in [-0.1, -0.05) is 22.8 Å². The largest absolute Gasteiger partial charge is 0.392 e. The minimum atomic E-state index is -3.48. The number of aryl methyl sites for hydroxylation is 1. The molecular weight excluding hydrogens is 422 g/mol. The number of hydrogen-bond acceptors (Lipinski definition) is 7. The summed E-state index contributed by atoms with van der Waals surface area (Å²) in [5, 5.41) is 7.24. The lowest BCUT2D eigenvalue weighted by atomic mass is 10.1. The first kappa shape index (κ1) is 20.8. The van der Waals surface area contributed by atoms with Crippen molar-refractivity contribution in [1.29, 1.82) is 0 Å². The van der Waals surface area contributed by atoms with Crippen molar-refractivity contribution >= 4 is 49.5 Å². The van der Waals surface area contributed by atoms with Crippen molar-refractivity contribution in [2.45, 2.75) is 43.6 Å². The highest BCUT2D eigenvalue weighted by Crippen LogP contribution is 2.25. The van der Waals surface area contributed by atoms with Crippen LogP contribution in [-0.4, -0.2) is 37.4 Å². The van der Waals surface area contributed by atoms with Crippen LogP contribution in [0.3, 0.4) is 0 Å². The van der Waals surface area contributed by atoms with Crippen LogP contribution in [0, 0.1) is 6.92 Å². The summed E-state index contributed by atoms with van der Waals surface area (Å²) in [4.78, 5) is 23.4. The van der Waals surface area contributed by atoms with Crippen LogP contribution < -0.4 is 5.32 Å². The third kappa shape index (κ3) is 5.09. The fourth-order valence-electron chi connectivity index (χ4n) is 2.86. The van der Waals surface area contributed by atoms with Crippen molar-refractivity contribution < 1.29 is 18.0 Å². The molecule has 150 valence electrons. The molecule has 28 heavy (non-hydrogen) atoms. The van der Waals surface area contributed by atoms with Gasteiger partial charge < -0.3 is 4.84 Å². The number of carbonyl (C=O) groups is 1. The fourth-order valence-corrected chi connectivity index (χ4v) is 4.85. The number of sulfone groups is 1. The number of rotatable bonds is 6. The Morgan fingerprint density at radius 3 is 2.64 bits per heavy atom. The quantitative estimate of drug-likeness (QED) is 0.543. The van der Waals surface area contributed by atoms with E-state index in [0.717, 1.165) is 36.8 Å². The van der Waals surface area contributed by atoms with E-state index in [-0.39, 0.29) is 21.7 Å². The first-order chi connectivity index (χ1) is 13.2. The highest BCUT2D eigenvalue weighted by atomic mass is 35.5. The first-order valence-corrected chi connectivity index (χ1v) is 11.8. The molecule has 0 saturated heterocycles. The maximum Gasteiger partial charge on any atom is 0.280 e. The van der Waals surface area contributed by atoms with Crippen LogP contribution in [0.4, 0.5) is 5.13 Å². The summed E-state index contributed by atoms with van der Waals surface area (Å²) in [6, 6.07) is 4.26. The second kappa shape index (κ2) is 8.59. The number of thiazole rings is 1. The van der Waals surface area contributed by atoms with Crippen LogP contribution in [0.2, 0.25) is 5.02 Å². The van der Waals surface area contributed by atoms with Gasteiger partial charge in [0, 0.05) is 22.9 Å². The fraction of sp³-hybridized carbons (Fsp3) is 0.389. The molecule has 0 bridgehead atoms. The molecule has 1 saturated carbocycles. The normalized spacial score (nSPS) is 15.6. The van der Waals surface area contributed by atoms with Crippen molar-refractivity contribution in [2.75, 3.05) is 11.6 Å². The molecule has 0 radical (unpaired) electrons. The molecule has 3 rings (SSSR count). The summed E-state index contributed by atoms with van der Waals surface area (Å²) in [7, 11) is -3.48. The summed E-state index contributed by atoms with van der Waals surface area (Å²) in [6.07, 6.45) is 6.60. The number of benzene rings is 1. The SMILES string of the molecule is Cc1cnc(NC(=O)/C(=N\OC2CCCC2)c2ccc(S(C)(=O)=O)c(Cl)c2)s1. The van der Waals surface area contributed by atoms with Crippen LogP contribution >= 0.6 is 22.9 Å². The maximum absolute atomic E-state index is 12.8. The van der Waals surface area contributed by atoms with E-state index in [1.807, 2.05) is 6.92 Å². The molecule has 1 aromatic carbocycles. The Morgan fingerprint density at radius 1 is 1.36 bits per heavy atom. The lowest BCUT2D eigenvalue weighted by molar-refractivity contribution is -0.110. The van der Waals surface area contributed by atoms with Gasteiger partial charge in [0.2, 0.25) is 0 Å². The van der Waals surface area contributed by atoms with Gasteiger partial charge in [-0.05, 0) is 44.7 Å². The van der Waals surface area contributed by atoms with Crippen LogP contribution in [0.15, 0.2) is 34.4 Å². The number of amides is 1. The Bertz CT molecular complexity index is 1010. The zero-order chi connectivity index (χ0) is 20.3. The lowest BCUT2D eigenvalue weighted by Crippen LogP contribution is -2.25. The molecule has 10 heteroatoms. The zero-order valence-corrected chi connectivity index (χ0v) is 17.8. The summed E-state index contributed by atoms with van der Waals surface area (Å²) >= 11 is 7.47. The average molecular weight is 442 g/mol. The highest BCUT2D eigenvalue weighted by molar-refractivity contribution is 7.90. The molecule has 0 spiro atoms. The van der Waals surface area contributed by atoms with Crippen molar-refractivity contribution in [1.82, 2.24) is 4.98 Å². The number of nitrogens with zero attached hydrogens (tertiary/aromatic N) is 2. The highest BCUT2D eigenvalue weighted by Gasteiger charge is 2.22. The average Bonchev–Trinajstić information content (AvgIpc) is 3.26. The molecule has 1 N–H and O–H groups in total. The molecule has 0 unspecified atom stereocenters. The number of oxime groups is 1. The summed E-state index contributed by atoms with van der Waals surface area (Å²) < 4.78 is 23.6. The zero-order valence-electron chi connectivity index (χ0n) is 15.4. The Hall–Kier alpha value is -1.97. The molecule has 1 fully saturated rings. The Balaban J connectivity index is 1.92. The van der Waals surface area contributed by atoms with E-state index in [4.69, 9.17) is 16.4 Å². The van der Waals surface area contributed by atoms with E-state index in [9.17, 15) is 13.2 Å². The van der Waals surface area contributed by atoms with Crippen LogP contribution in [0.25, 0.3) is 0 Å². The van der Waals surface area contributed by atoms with Gasteiger partial charge in [-0.3, -0.25) is 10.1 Å². The number of hydrogen-bond donors (Lipinski definition) is 1. The predicted octanol–water partition coefficient (Wildman–Crippen LogP) is 3.81. The molecule has 0 aliphatic heterocycles. The minimum Gasteiger partial charge on any atom is -0.392 e. The summed E-state index contributed by atoms with van der Waals surface area (Å²) in [6.45, 7) is 1.88. The van der Waals surface area contributed by atoms with Gasteiger partial charge in [0.05, 0.1) is 9.92 Å². The topological polar surface area (TPSA) is 97.7 Å². The van der Waals surface area contributed by atoms with E-state index in [0.29, 0.717) is 10.7 Å². The van der Waals surface area contributed by atoms with Crippen molar-refractivity contribution in [3.05, 3.63) is 39.9 Å². The van der Waals surface area contributed by atoms with Gasteiger partial charge >= 0.3 is 0 Å². The molecule has 2 aromatic rings. The number of anilines is 1. The first-order valence-electron chi connectivity index (χ1n) is 8.71.